The number of hydrogen-bond donors (Lipinski definition) is 2. The van der Waals surface area contributed by atoms with Crippen LogP contribution >= 0.6 is 0 Å². The Labute approximate surface area is 105 Å². The smallest absolute Gasteiger partial charge is 0.315 e. The molecular formula is C12H16N4O2. The lowest BCUT2D eigenvalue weighted by molar-refractivity contribution is 0.236. The zero-order valence-electron chi connectivity index (χ0n) is 10.2. The van der Waals surface area contributed by atoms with Crippen LogP contribution in [0.15, 0.2) is 41.7 Å². The van der Waals surface area contributed by atoms with Crippen LogP contribution in [0.3, 0.4) is 0 Å². The van der Waals surface area contributed by atoms with Crippen molar-refractivity contribution in [3.05, 3.63) is 42.9 Å². The molecule has 96 valence electrons. The van der Waals surface area contributed by atoms with E-state index in [4.69, 9.17) is 4.42 Å². The molecule has 0 aliphatic carbocycles. The van der Waals surface area contributed by atoms with Crippen LogP contribution in [-0.2, 0) is 13.1 Å². The van der Waals surface area contributed by atoms with Crippen molar-refractivity contribution in [2.75, 3.05) is 0 Å². The van der Waals surface area contributed by atoms with Crippen LogP contribution < -0.4 is 10.6 Å². The number of urea groups is 1. The number of nitrogens with zero attached hydrogens (tertiary/aromatic N) is 2. The fourth-order valence-electron chi connectivity index (χ4n) is 1.61. The summed E-state index contributed by atoms with van der Waals surface area (Å²) in [7, 11) is 0. The van der Waals surface area contributed by atoms with E-state index in [0.29, 0.717) is 13.1 Å². The van der Waals surface area contributed by atoms with E-state index in [1.54, 1.807) is 25.1 Å². The van der Waals surface area contributed by atoms with Crippen LogP contribution in [0, 0.1) is 0 Å². The largest absolute Gasteiger partial charge is 0.472 e. The highest BCUT2D eigenvalue weighted by Crippen LogP contribution is 1.98. The molecule has 0 radical (unpaired) electrons. The van der Waals surface area contributed by atoms with Crippen molar-refractivity contribution in [3.8, 4) is 0 Å². The number of hydrogen-bond acceptors (Lipinski definition) is 3. The van der Waals surface area contributed by atoms with Gasteiger partial charge in [-0.3, -0.25) is 0 Å². The van der Waals surface area contributed by atoms with Crippen LogP contribution in [-0.4, -0.2) is 21.6 Å². The monoisotopic (exact) mass is 248 g/mol. The Morgan fingerprint density at radius 2 is 2.50 bits per heavy atom. The van der Waals surface area contributed by atoms with Gasteiger partial charge < -0.3 is 19.6 Å². The van der Waals surface area contributed by atoms with Crippen molar-refractivity contribution in [3.63, 3.8) is 0 Å². The Bertz CT molecular complexity index is 464. The van der Waals surface area contributed by atoms with Crippen LogP contribution in [0.2, 0.25) is 0 Å². The first kappa shape index (κ1) is 12.2. The molecule has 2 N–H and O–H groups in total. The van der Waals surface area contributed by atoms with Gasteiger partial charge in [-0.05, 0) is 13.0 Å². The Balaban J connectivity index is 1.70. The Hall–Kier alpha value is -2.24. The van der Waals surface area contributed by atoms with E-state index in [1.807, 2.05) is 23.8 Å². The third kappa shape index (κ3) is 3.65. The molecule has 2 aromatic rings. The van der Waals surface area contributed by atoms with E-state index in [9.17, 15) is 4.79 Å². The van der Waals surface area contributed by atoms with Gasteiger partial charge in [0.1, 0.15) is 0 Å². The maximum absolute atomic E-state index is 11.6. The van der Waals surface area contributed by atoms with Crippen molar-refractivity contribution >= 4 is 6.03 Å². The van der Waals surface area contributed by atoms with Crippen molar-refractivity contribution in [1.29, 1.82) is 0 Å². The van der Waals surface area contributed by atoms with Gasteiger partial charge in [-0.15, -0.1) is 0 Å². The summed E-state index contributed by atoms with van der Waals surface area (Å²) in [5.41, 5.74) is 0.937. The number of carbonyl (C=O) groups excluding carboxylic acids is 1. The maximum atomic E-state index is 11.6. The second-order valence-corrected chi connectivity index (χ2v) is 4.12. The normalized spacial score (nSPS) is 12.1. The highest BCUT2D eigenvalue weighted by Gasteiger charge is 2.07. The third-order valence-corrected chi connectivity index (χ3v) is 2.45. The van der Waals surface area contributed by atoms with Gasteiger partial charge in [0.15, 0.2) is 0 Å². The first-order chi connectivity index (χ1) is 8.74. The molecule has 0 saturated heterocycles. The minimum Gasteiger partial charge on any atom is -0.472 e. The lowest BCUT2D eigenvalue weighted by atomic mass is 10.3. The number of imidazole rings is 1. The predicted molar refractivity (Wildman–Crippen MR) is 65.8 cm³/mol. The molecule has 0 saturated carbocycles. The molecule has 6 nitrogen and oxygen atoms in total. The molecule has 0 unspecified atom stereocenters. The fraction of sp³-hybridized carbons (Fsp3) is 0.333. The molecule has 2 aromatic heterocycles. The maximum Gasteiger partial charge on any atom is 0.315 e. The fourth-order valence-corrected chi connectivity index (χ4v) is 1.61. The molecular weight excluding hydrogens is 232 g/mol. The zero-order chi connectivity index (χ0) is 12.8. The number of carbonyl (C=O) groups is 1. The lowest BCUT2D eigenvalue weighted by Crippen LogP contribution is -2.42. The van der Waals surface area contributed by atoms with Crippen molar-refractivity contribution in [1.82, 2.24) is 20.2 Å². The standard InChI is InChI=1S/C12H16N4O2/c1-10(7-16-4-3-13-9-16)15-12(17)14-6-11-2-5-18-8-11/h2-5,8-10H,6-7H2,1H3,(H2,14,15,17)/t10-/m0/s1. The van der Waals surface area contributed by atoms with Gasteiger partial charge >= 0.3 is 6.03 Å². The van der Waals surface area contributed by atoms with Crippen molar-refractivity contribution < 1.29 is 9.21 Å². The number of nitrogens with one attached hydrogen (secondary N) is 2. The van der Waals surface area contributed by atoms with E-state index in [-0.39, 0.29) is 12.1 Å². The van der Waals surface area contributed by atoms with Crippen molar-refractivity contribution in [2.24, 2.45) is 0 Å². The topological polar surface area (TPSA) is 72.1 Å². The Kier molecular flexibility index (Phi) is 4.01. The zero-order valence-corrected chi connectivity index (χ0v) is 10.2. The summed E-state index contributed by atoms with van der Waals surface area (Å²) in [6.07, 6.45) is 8.49. The van der Waals surface area contributed by atoms with Gasteiger partial charge in [0.2, 0.25) is 0 Å². The van der Waals surface area contributed by atoms with Crippen LogP contribution in [0.5, 0.6) is 0 Å². The molecule has 1 atom stereocenters. The minimum absolute atomic E-state index is 0.0311. The van der Waals surface area contributed by atoms with E-state index < -0.39 is 0 Å². The number of aromatic nitrogens is 2. The summed E-state index contributed by atoms with van der Waals surface area (Å²) in [6, 6.07) is 1.65. The molecule has 0 aliphatic rings. The first-order valence-electron chi connectivity index (χ1n) is 5.75. The number of furan rings is 1. The van der Waals surface area contributed by atoms with Gasteiger partial charge in [-0.1, -0.05) is 0 Å². The SMILES string of the molecule is C[C@@H](Cn1ccnc1)NC(=O)NCc1ccoc1. The molecule has 2 amide bonds. The van der Waals surface area contributed by atoms with Gasteiger partial charge in [-0.25, -0.2) is 9.78 Å². The molecule has 0 fully saturated rings. The molecule has 2 heterocycles. The quantitative estimate of drug-likeness (QED) is 0.839. The molecule has 6 heteroatoms. The number of amides is 2. The molecule has 0 bridgehead atoms. The summed E-state index contributed by atoms with van der Waals surface area (Å²) in [4.78, 5) is 15.5. The van der Waals surface area contributed by atoms with Gasteiger partial charge in [0.05, 0.1) is 18.9 Å². The van der Waals surface area contributed by atoms with Crippen molar-refractivity contribution in [2.45, 2.75) is 26.1 Å². The summed E-state index contributed by atoms with van der Waals surface area (Å²) in [5, 5.41) is 5.61. The van der Waals surface area contributed by atoms with E-state index in [2.05, 4.69) is 15.6 Å². The van der Waals surface area contributed by atoms with Crippen LogP contribution in [0.1, 0.15) is 12.5 Å². The Morgan fingerprint density at radius 1 is 1.61 bits per heavy atom. The highest BCUT2D eigenvalue weighted by atomic mass is 16.3. The molecule has 18 heavy (non-hydrogen) atoms. The second-order valence-electron chi connectivity index (χ2n) is 4.12. The number of rotatable bonds is 5. The molecule has 0 aromatic carbocycles. The second kappa shape index (κ2) is 5.90. The van der Waals surface area contributed by atoms with Gasteiger partial charge in [0, 0.05) is 37.1 Å². The summed E-state index contributed by atoms with van der Waals surface area (Å²) < 4.78 is 6.83. The molecule has 0 aliphatic heterocycles. The minimum atomic E-state index is -0.191. The molecule has 2 rings (SSSR count). The molecule has 0 spiro atoms. The van der Waals surface area contributed by atoms with Gasteiger partial charge in [0.25, 0.3) is 0 Å². The Morgan fingerprint density at radius 3 is 3.17 bits per heavy atom. The van der Waals surface area contributed by atoms with E-state index in [0.717, 1.165) is 5.56 Å². The van der Waals surface area contributed by atoms with E-state index in [1.165, 1.54) is 0 Å². The average Bonchev–Trinajstić information content (AvgIpc) is 2.98. The van der Waals surface area contributed by atoms with Crippen LogP contribution in [0.25, 0.3) is 0 Å². The summed E-state index contributed by atoms with van der Waals surface area (Å²) in [6.45, 7) is 3.09. The van der Waals surface area contributed by atoms with Crippen LogP contribution in [0.4, 0.5) is 4.79 Å². The average molecular weight is 248 g/mol. The predicted octanol–water partition coefficient (Wildman–Crippen LogP) is 1.36. The summed E-state index contributed by atoms with van der Waals surface area (Å²) >= 11 is 0. The highest BCUT2D eigenvalue weighted by molar-refractivity contribution is 5.74. The lowest BCUT2D eigenvalue weighted by Gasteiger charge is -2.14. The first-order valence-corrected chi connectivity index (χ1v) is 5.75. The summed E-state index contributed by atoms with van der Waals surface area (Å²) in [5.74, 6) is 0. The van der Waals surface area contributed by atoms with E-state index >= 15 is 0 Å². The van der Waals surface area contributed by atoms with Gasteiger partial charge in [-0.2, -0.15) is 0 Å². The third-order valence-electron chi connectivity index (χ3n) is 2.45.